The Kier molecular flexibility index (Phi) is 17.8. The monoisotopic (exact) mass is 1050 g/mol. The Hall–Kier alpha value is -5.99. The highest BCUT2D eigenvalue weighted by Gasteiger charge is 2.34. The number of methoxy groups -OCH3 is 3. The van der Waals surface area contributed by atoms with E-state index in [4.69, 9.17) is 38.9 Å². The molecule has 10 rings (SSSR count). The van der Waals surface area contributed by atoms with Gasteiger partial charge < -0.3 is 48.4 Å². The van der Waals surface area contributed by atoms with Crippen LogP contribution < -0.4 is 19.9 Å². The molecule has 3 aliphatic heterocycles. The summed E-state index contributed by atoms with van der Waals surface area (Å²) < 4.78 is 42.8. The number of rotatable bonds is 14. The minimum absolute atomic E-state index is 0.0647. The maximum absolute atomic E-state index is 11.6. The molecule has 384 valence electrons. The lowest BCUT2D eigenvalue weighted by Crippen LogP contribution is -2.35. The number of likely N-dealkylation sites (tertiary alicyclic amines) is 1. The number of fused-ring (bicyclic) bond motifs is 1. The number of aromatic nitrogens is 1. The van der Waals surface area contributed by atoms with Crippen molar-refractivity contribution in [3.8, 4) is 39.5 Å². The SMILES string of the molecule is COc1ccc(-c2ccccc2)cc1CC1COC(C)(C)O1.COc1ccc(-c2ccccc2)cc1CCN1CCC(n2ccc3ccc(C(N)=O)cc32)CC1.COc1ccc(Br)cc1CC1COC(C)(C)O1. The van der Waals surface area contributed by atoms with E-state index in [0.29, 0.717) is 24.8 Å². The van der Waals surface area contributed by atoms with Crippen LogP contribution >= 0.6 is 15.9 Å². The highest BCUT2D eigenvalue weighted by atomic mass is 79.9. The lowest BCUT2D eigenvalue weighted by atomic mass is 9.99. The Labute approximate surface area is 439 Å². The first-order valence-electron chi connectivity index (χ1n) is 25.2. The van der Waals surface area contributed by atoms with Gasteiger partial charge in [0, 0.05) is 60.3 Å². The zero-order chi connectivity index (χ0) is 51.5. The molecule has 0 spiro atoms. The van der Waals surface area contributed by atoms with Gasteiger partial charge in [-0.05, 0) is 152 Å². The number of hydrogen-bond donors (Lipinski definition) is 1. The van der Waals surface area contributed by atoms with E-state index in [9.17, 15) is 4.79 Å². The first-order chi connectivity index (χ1) is 35.2. The molecule has 3 fully saturated rings. The highest BCUT2D eigenvalue weighted by molar-refractivity contribution is 9.10. The fourth-order valence-corrected chi connectivity index (χ4v) is 10.4. The second-order valence-corrected chi connectivity index (χ2v) is 20.7. The summed E-state index contributed by atoms with van der Waals surface area (Å²) in [5.41, 5.74) is 15.5. The van der Waals surface area contributed by atoms with Crippen LogP contribution in [0.3, 0.4) is 0 Å². The van der Waals surface area contributed by atoms with Gasteiger partial charge in [0.1, 0.15) is 17.2 Å². The molecule has 1 amide bonds. The van der Waals surface area contributed by atoms with Gasteiger partial charge in [-0.2, -0.15) is 0 Å². The van der Waals surface area contributed by atoms with Crippen LogP contribution in [0.15, 0.2) is 150 Å². The summed E-state index contributed by atoms with van der Waals surface area (Å²) in [7, 11) is 5.14. The molecule has 6 aromatic carbocycles. The number of carbonyl (C=O) groups excluding carboxylic acids is 1. The van der Waals surface area contributed by atoms with Gasteiger partial charge in [-0.25, -0.2) is 0 Å². The zero-order valence-electron chi connectivity index (χ0n) is 43.3. The molecule has 0 saturated carbocycles. The number of ether oxygens (including phenoxy) is 7. The number of benzene rings is 6. The molecule has 1 aromatic heterocycles. The van der Waals surface area contributed by atoms with Crippen molar-refractivity contribution in [2.75, 3.05) is 54.2 Å². The van der Waals surface area contributed by atoms with Crippen LogP contribution in [-0.4, -0.2) is 93.3 Å². The minimum Gasteiger partial charge on any atom is -0.496 e. The first kappa shape index (κ1) is 53.3. The molecule has 11 nitrogen and oxygen atoms in total. The van der Waals surface area contributed by atoms with Crippen LogP contribution in [0.2, 0.25) is 0 Å². The highest BCUT2D eigenvalue weighted by Crippen LogP contribution is 2.34. The fraction of sp³-hybridized carbons (Fsp3) is 0.361. The van der Waals surface area contributed by atoms with Crippen molar-refractivity contribution in [3.05, 3.63) is 172 Å². The molecule has 3 aliphatic rings. The third kappa shape index (κ3) is 14.2. The summed E-state index contributed by atoms with van der Waals surface area (Å²) in [4.78, 5) is 14.2. The Morgan fingerprint density at radius 2 is 1.12 bits per heavy atom. The molecule has 3 saturated heterocycles. The van der Waals surface area contributed by atoms with E-state index < -0.39 is 11.6 Å². The van der Waals surface area contributed by atoms with Crippen molar-refractivity contribution < 1.29 is 38.0 Å². The molecule has 7 aromatic rings. The van der Waals surface area contributed by atoms with Crippen LogP contribution in [0.1, 0.15) is 73.6 Å². The van der Waals surface area contributed by atoms with Gasteiger partial charge in [-0.3, -0.25) is 4.79 Å². The molecule has 73 heavy (non-hydrogen) atoms. The van der Waals surface area contributed by atoms with Crippen LogP contribution in [0.4, 0.5) is 0 Å². The third-order valence-corrected chi connectivity index (χ3v) is 14.2. The Morgan fingerprint density at radius 1 is 0.616 bits per heavy atom. The van der Waals surface area contributed by atoms with Gasteiger partial charge in [0.15, 0.2) is 11.6 Å². The van der Waals surface area contributed by atoms with E-state index in [1.54, 1.807) is 27.4 Å². The third-order valence-electron chi connectivity index (χ3n) is 13.7. The largest absolute Gasteiger partial charge is 0.496 e. The van der Waals surface area contributed by atoms with Gasteiger partial charge in [0.2, 0.25) is 5.91 Å². The van der Waals surface area contributed by atoms with Crippen molar-refractivity contribution in [1.29, 1.82) is 0 Å². The molecular weight excluding hydrogens is 983 g/mol. The summed E-state index contributed by atoms with van der Waals surface area (Å²) in [5.74, 6) is 1.41. The second-order valence-electron chi connectivity index (χ2n) is 19.7. The number of amides is 1. The van der Waals surface area contributed by atoms with Crippen molar-refractivity contribution in [3.63, 3.8) is 0 Å². The number of hydrogen-bond acceptors (Lipinski definition) is 9. The van der Waals surface area contributed by atoms with Crippen LogP contribution in [0, 0.1) is 0 Å². The number of piperidine rings is 1. The molecular formula is C61H70BrN3O8. The Morgan fingerprint density at radius 3 is 1.63 bits per heavy atom. The second kappa shape index (κ2) is 24.4. The van der Waals surface area contributed by atoms with E-state index >= 15 is 0 Å². The molecule has 4 heterocycles. The lowest BCUT2D eigenvalue weighted by molar-refractivity contribution is -0.138. The van der Waals surface area contributed by atoms with Gasteiger partial charge >= 0.3 is 0 Å². The van der Waals surface area contributed by atoms with E-state index in [1.165, 1.54) is 27.8 Å². The van der Waals surface area contributed by atoms with E-state index in [1.807, 2.05) is 70.2 Å². The average molecular weight is 1050 g/mol. The summed E-state index contributed by atoms with van der Waals surface area (Å²) in [6.07, 6.45) is 7.03. The Balaban J connectivity index is 0.000000157. The number of nitrogens with zero attached hydrogens (tertiary/aromatic N) is 2. The maximum Gasteiger partial charge on any atom is 0.248 e. The number of nitrogens with two attached hydrogens (primary N) is 1. The zero-order valence-corrected chi connectivity index (χ0v) is 44.9. The van der Waals surface area contributed by atoms with Crippen molar-refractivity contribution in [1.82, 2.24) is 9.47 Å². The smallest absolute Gasteiger partial charge is 0.248 e. The molecule has 0 bridgehead atoms. The van der Waals surface area contributed by atoms with Crippen molar-refractivity contribution in [2.45, 2.75) is 89.6 Å². The van der Waals surface area contributed by atoms with Crippen molar-refractivity contribution in [2.24, 2.45) is 5.73 Å². The normalized spacial score (nSPS) is 18.3. The quantitative estimate of drug-likeness (QED) is 0.114. The molecule has 0 radical (unpaired) electrons. The number of halogens is 1. The van der Waals surface area contributed by atoms with Crippen LogP contribution in [0.25, 0.3) is 33.2 Å². The van der Waals surface area contributed by atoms with Gasteiger partial charge in [0.25, 0.3) is 0 Å². The predicted octanol–water partition coefficient (Wildman–Crippen LogP) is 12.5. The van der Waals surface area contributed by atoms with Gasteiger partial charge in [0.05, 0.1) is 46.8 Å². The standard InChI is InChI=1S/C29H31N3O2.C19H22O3.C13H17BrO3/c1-34-28-10-9-23(21-5-3-2-4-6-21)19-24(28)11-15-31-16-13-26(14-17-31)32-18-12-22-7-8-25(29(30)33)20-27(22)32;1-19(2)21-13-17(22-19)12-16-11-15(9-10-18(16)20-3)14-7-5-4-6-8-14;1-13(2)16-8-11(17-13)7-9-6-10(14)4-5-12(9)15-3/h2-10,12,18-20,26H,11,13-17H2,1H3,(H2,30,33);4-11,17H,12-13H2,1-3H3;4-6,11H,7-8H2,1-3H3. The number of primary amides is 1. The van der Waals surface area contributed by atoms with Crippen LogP contribution in [0.5, 0.6) is 17.2 Å². The first-order valence-corrected chi connectivity index (χ1v) is 26.0. The number of carbonyl (C=O) groups is 1. The lowest BCUT2D eigenvalue weighted by Gasteiger charge is -2.33. The Bertz CT molecular complexity index is 2910. The summed E-state index contributed by atoms with van der Waals surface area (Å²) in [5, 5.41) is 1.15. The van der Waals surface area contributed by atoms with Gasteiger partial charge in [-0.1, -0.05) is 94.8 Å². The molecule has 2 atom stereocenters. The minimum atomic E-state index is -0.491. The van der Waals surface area contributed by atoms with Gasteiger partial charge in [-0.15, -0.1) is 0 Å². The maximum atomic E-state index is 11.6. The van der Waals surface area contributed by atoms with Crippen molar-refractivity contribution >= 4 is 32.7 Å². The summed E-state index contributed by atoms with van der Waals surface area (Å²) in [6, 6.07) is 47.9. The topological polar surface area (TPSA) is 116 Å². The molecule has 2 unspecified atom stereocenters. The predicted molar refractivity (Wildman–Crippen MR) is 294 cm³/mol. The summed E-state index contributed by atoms with van der Waals surface area (Å²) >= 11 is 3.47. The molecule has 0 aliphatic carbocycles. The molecule has 12 heteroatoms. The average Bonchev–Trinajstić information content (AvgIpc) is 4.10. The van der Waals surface area contributed by atoms with Crippen LogP contribution in [-0.2, 0) is 38.2 Å². The molecule has 2 N–H and O–H groups in total. The van der Waals surface area contributed by atoms with E-state index in [0.717, 1.165) is 95.5 Å². The fourth-order valence-electron chi connectivity index (χ4n) is 9.98. The van der Waals surface area contributed by atoms with E-state index in [2.05, 4.69) is 123 Å². The summed E-state index contributed by atoms with van der Waals surface area (Å²) in [6.45, 7) is 12.1. The van der Waals surface area contributed by atoms with E-state index in [-0.39, 0.29) is 18.1 Å².